The van der Waals surface area contributed by atoms with Gasteiger partial charge in [0.25, 0.3) is 0 Å². The lowest BCUT2D eigenvalue weighted by Gasteiger charge is -2.26. The van der Waals surface area contributed by atoms with Gasteiger partial charge in [-0.15, -0.1) is 0 Å². The first kappa shape index (κ1) is 17.3. The Bertz CT molecular complexity index is 760. The normalized spacial score (nSPS) is 16.8. The molecular formula is C20H25N3O2. The molecule has 5 heteroatoms. The number of aryl methyl sites for hydroxylation is 2. The summed E-state index contributed by atoms with van der Waals surface area (Å²) in [6, 6.07) is 10.4. The molecule has 3 rings (SSSR count). The minimum atomic E-state index is -0.0355. The van der Waals surface area contributed by atoms with E-state index < -0.39 is 0 Å². The number of hydrogen-bond donors (Lipinski definition) is 1. The number of likely N-dealkylation sites (tertiary alicyclic amines) is 1. The molecule has 1 aromatic heterocycles. The molecule has 1 aliphatic heterocycles. The first-order chi connectivity index (χ1) is 12.1. The fourth-order valence-electron chi connectivity index (χ4n) is 3.34. The predicted molar refractivity (Wildman–Crippen MR) is 97.6 cm³/mol. The number of pyridine rings is 1. The van der Waals surface area contributed by atoms with E-state index in [4.69, 9.17) is 4.74 Å². The topological polar surface area (TPSA) is 54.5 Å². The zero-order valence-electron chi connectivity index (χ0n) is 15.1. The molecule has 0 bridgehead atoms. The van der Waals surface area contributed by atoms with Crippen LogP contribution >= 0.6 is 0 Å². The average molecular weight is 339 g/mol. The van der Waals surface area contributed by atoms with Gasteiger partial charge in [0.1, 0.15) is 0 Å². The van der Waals surface area contributed by atoms with Gasteiger partial charge in [0, 0.05) is 24.8 Å². The Morgan fingerprint density at radius 2 is 2.16 bits per heavy atom. The second kappa shape index (κ2) is 7.55. The Labute approximate surface area is 149 Å². The summed E-state index contributed by atoms with van der Waals surface area (Å²) < 4.78 is 5.24. The number of urea groups is 1. The number of carbonyl (C=O) groups is 1. The number of methoxy groups -OCH3 is 1. The van der Waals surface area contributed by atoms with E-state index in [1.807, 2.05) is 17.0 Å². The van der Waals surface area contributed by atoms with Crippen LogP contribution in [0.25, 0.3) is 0 Å². The van der Waals surface area contributed by atoms with Crippen molar-refractivity contribution in [1.29, 1.82) is 0 Å². The van der Waals surface area contributed by atoms with Gasteiger partial charge in [0.05, 0.1) is 13.2 Å². The molecule has 1 aromatic carbocycles. The second-order valence-electron chi connectivity index (χ2n) is 6.53. The van der Waals surface area contributed by atoms with Gasteiger partial charge >= 0.3 is 6.03 Å². The smallest absolute Gasteiger partial charge is 0.318 e. The number of ether oxygens (including phenoxy) is 1. The number of carbonyl (C=O) groups excluding carboxylic acids is 1. The van der Waals surface area contributed by atoms with E-state index in [9.17, 15) is 4.79 Å². The van der Waals surface area contributed by atoms with Gasteiger partial charge in [-0.2, -0.15) is 0 Å². The summed E-state index contributed by atoms with van der Waals surface area (Å²) in [6.45, 7) is 5.42. The fourth-order valence-corrected chi connectivity index (χ4v) is 3.34. The van der Waals surface area contributed by atoms with Crippen LogP contribution in [0.1, 0.15) is 41.1 Å². The summed E-state index contributed by atoms with van der Waals surface area (Å²) in [5.41, 5.74) is 4.64. The van der Waals surface area contributed by atoms with E-state index in [-0.39, 0.29) is 12.1 Å². The zero-order valence-corrected chi connectivity index (χ0v) is 15.1. The maximum Gasteiger partial charge on any atom is 0.318 e. The predicted octanol–water partition coefficient (Wildman–Crippen LogP) is 3.75. The Morgan fingerprint density at radius 1 is 1.32 bits per heavy atom. The SMILES string of the molecule is COc1ncccc1CNC(=O)N1CCCC1c1ccc(C)c(C)c1. The molecule has 1 unspecified atom stereocenters. The monoisotopic (exact) mass is 339 g/mol. The summed E-state index contributed by atoms with van der Waals surface area (Å²) in [5.74, 6) is 0.551. The summed E-state index contributed by atoms with van der Waals surface area (Å²) in [6.07, 6.45) is 3.72. The molecule has 1 saturated heterocycles. The van der Waals surface area contributed by atoms with Crippen molar-refractivity contribution >= 4 is 6.03 Å². The number of hydrogen-bond acceptors (Lipinski definition) is 3. The van der Waals surface area contributed by atoms with Crippen LogP contribution < -0.4 is 10.1 Å². The van der Waals surface area contributed by atoms with Crippen molar-refractivity contribution in [3.05, 3.63) is 58.8 Å². The van der Waals surface area contributed by atoms with Crippen LogP contribution in [0, 0.1) is 13.8 Å². The summed E-state index contributed by atoms with van der Waals surface area (Å²) in [5, 5.41) is 3.01. The molecule has 132 valence electrons. The quantitative estimate of drug-likeness (QED) is 0.923. The molecule has 1 N–H and O–H groups in total. The van der Waals surface area contributed by atoms with Crippen LogP contribution in [0.3, 0.4) is 0 Å². The van der Waals surface area contributed by atoms with Gasteiger partial charge in [-0.25, -0.2) is 9.78 Å². The minimum absolute atomic E-state index is 0.0355. The Morgan fingerprint density at radius 3 is 2.92 bits per heavy atom. The van der Waals surface area contributed by atoms with E-state index in [2.05, 4.69) is 42.3 Å². The summed E-state index contributed by atoms with van der Waals surface area (Å²) >= 11 is 0. The van der Waals surface area contributed by atoms with E-state index in [1.54, 1.807) is 13.3 Å². The standard InChI is InChI=1S/C20H25N3O2/c1-14-8-9-16(12-15(14)2)18-7-5-11-23(18)20(24)22-13-17-6-4-10-21-19(17)25-3/h4,6,8-10,12,18H,5,7,11,13H2,1-3H3,(H,22,24). The molecule has 0 saturated carbocycles. The van der Waals surface area contributed by atoms with Crippen molar-refractivity contribution in [3.63, 3.8) is 0 Å². The molecule has 25 heavy (non-hydrogen) atoms. The highest BCUT2D eigenvalue weighted by atomic mass is 16.5. The van der Waals surface area contributed by atoms with Gasteiger partial charge in [-0.1, -0.05) is 24.3 Å². The highest BCUT2D eigenvalue weighted by Gasteiger charge is 2.30. The van der Waals surface area contributed by atoms with E-state index in [0.717, 1.165) is 24.9 Å². The molecule has 5 nitrogen and oxygen atoms in total. The third-order valence-electron chi connectivity index (χ3n) is 4.90. The molecule has 1 fully saturated rings. The van der Waals surface area contributed by atoms with Gasteiger partial charge in [0.15, 0.2) is 0 Å². The maximum atomic E-state index is 12.7. The number of aromatic nitrogens is 1. The number of nitrogens with zero attached hydrogens (tertiary/aromatic N) is 2. The fraction of sp³-hybridized carbons (Fsp3) is 0.400. The van der Waals surface area contributed by atoms with Gasteiger partial charge in [0.2, 0.25) is 5.88 Å². The second-order valence-corrected chi connectivity index (χ2v) is 6.53. The van der Waals surface area contributed by atoms with Crippen LogP contribution in [0.5, 0.6) is 5.88 Å². The van der Waals surface area contributed by atoms with Gasteiger partial charge in [-0.3, -0.25) is 0 Å². The van der Waals surface area contributed by atoms with E-state index in [1.165, 1.54) is 16.7 Å². The average Bonchev–Trinajstić information content (AvgIpc) is 3.12. The molecule has 1 aliphatic rings. The van der Waals surface area contributed by atoms with Crippen molar-refractivity contribution in [1.82, 2.24) is 15.2 Å². The van der Waals surface area contributed by atoms with Crippen LogP contribution in [0.4, 0.5) is 4.79 Å². The van der Waals surface area contributed by atoms with Crippen LogP contribution in [-0.4, -0.2) is 29.6 Å². The van der Waals surface area contributed by atoms with Gasteiger partial charge in [-0.05, 0) is 49.4 Å². The number of rotatable bonds is 4. The highest BCUT2D eigenvalue weighted by Crippen LogP contribution is 2.32. The Kier molecular flexibility index (Phi) is 5.22. The molecule has 1 atom stereocenters. The molecule has 2 heterocycles. The third-order valence-corrected chi connectivity index (χ3v) is 4.90. The molecule has 0 spiro atoms. The largest absolute Gasteiger partial charge is 0.481 e. The first-order valence-corrected chi connectivity index (χ1v) is 8.69. The van der Waals surface area contributed by atoms with Gasteiger partial charge < -0.3 is 15.0 Å². The minimum Gasteiger partial charge on any atom is -0.481 e. The van der Waals surface area contributed by atoms with Crippen molar-refractivity contribution < 1.29 is 9.53 Å². The van der Waals surface area contributed by atoms with E-state index >= 15 is 0 Å². The lowest BCUT2D eigenvalue weighted by molar-refractivity contribution is 0.192. The van der Waals surface area contributed by atoms with Crippen LogP contribution in [-0.2, 0) is 6.54 Å². The van der Waals surface area contributed by atoms with Crippen LogP contribution in [0.15, 0.2) is 36.5 Å². The molecule has 2 amide bonds. The number of nitrogens with one attached hydrogen (secondary N) is 1. The third kappa shape index (κ3) is 3.76. The maximum absolute atomic E-state index is 12.7. The van der Waals surface area contributed by atoms with Crippen molar-refractivity contribution in [2.75, 3.05) is 13.7 Å². The molecule has 0 radical (unpaired) electrons. The van der Waals surface area contributed by atoms with Crippen molar-refractivity contribution in [2.24, 2.45) is 0 Å². The van der Waals surface area contributed by atoms with Crippen LogP contribution in [0.2, 0.25) is 0 Å². The zero-order chi connectivity index (χ0) is 17.8. The lowest BCUT2D eigenvalue weighted by atomic mass is 9.99. The lowest BCUT2D eigenvalue weighted by Crippen LogP contribution is -2.39. The number of benzene rings is 1. The molecule has 2 aromatic rings. The first-order valence-electron chi connectivity index (χ1n) is 8.69. The number of amides is 2. The molecule has 0 aliphatic carbocycles. The summed E-state index contributed by atoms with van der Waals surface area (Å²) in [4.78, 5) is 18.8. The highest BCUT2D eigenvalue weighted by molar-refractivity contribution is 5.75. The summed E-state index contributed by atoms with van der Waals surface area (Å²) in [7, 11) is 1.59. The Hall–Kier alpha value is -2.56. The van der Waals surface area contributed by atoms with Crippen molar-refractivity contribution in [2.45, 2.75) is 39.3 Å². The Balaban J connectivity index is 1.69. The molecular weight excluding hydrogens is 314 g/mol. The van der Waals surface area contributed by atoms with E-state index in [0.29, 0.717) is 12.4 Å². The van der Waals surface area contributed by atoms with Crippen molar-refractivity contribution in [3.8, 4) is 5.88 Å².